The molecule has 7 nitrogen and oxygen atoms in total. The average Bonchev–Trinajstić information content (AvgIpc) is 2.84. The van der Waals surface area contributed by atoms with E-state index < -0.39 is 10.0 Å². The Morgan fingerprint density at radius 3 is 2.23 bits per heavy atom. The molecule has 0 aliphatic rings. The van der Waals surface area contributed by atoms with Crippen LogP contribution < -0.4 is 9.80 Å². The Balaban J connectivity index is 2.67. The van der Waals surface area contributed by atoms with E-state index in [1.165, 1.54) is 18.2 Å². The van der Waals surface area contributed by atoms with Crippen LogP contribution in [0.25, 0.3) is 0 Å². The van der Waals surface area contributed by atoms with E-state index in [0.717, 1.165) is 4.09 Å². The van der Waals surface area contributed by atoms with Crippen LogP contribution in [0.3, 0.4) is 0 Å². The number of hydrogen-bond donors (Lipinski definition) is 0. The van der Waals surface area contributed by atoms with Crippen molar-refractivity contribution in [3.63, 3.8) is 0 Å². The lowest BCUT2D eigenvalue weighted by Crippen LogP contribution is -2.22. The molecule has 0 fully saturated rings. The first-order valence-electron chi connectivity index (χ1n) is 6.17. The predicted molar refractivity (Wildman–Crippen MR) is 87.7 cm³/mol. The van der Waals surface area contributed by atoms with Crippen LogP contribution in [0.1, 0.15) is 0 Å². The van der Waals surface area contributed by atoms with Gasteiger partial charge in [-0.05, 0) is 18.2 Å². The summed E-state index contributed by atoms with van der Waals surface area (Å²) in [6.07, 6.45) is 0. The van der Waals surface area contributed by atoms with Crippen molar-refractivity contribution >= 4 is 45.1 Å². The second kappa shape index (κ2) is 5.94. The van der Waals surface area contributed by atoms with Crippen LogP contribution in [-0.2, 0) is 10.0 Å². The fourth-order valence-electron chi connectivity index (χ4n) is 1.68. The number of anilines is 2. The third-order valence-corrected chi connectivity index (χ3v) is 5.02. The topological polar surface area (TPSA) is 71.3 Å². The van der Waals surface area contributed by atoms with Crippen molar-refractivity contribution < 1.29 is 8.42 Å². The molecular weight excluding hydrogens is 349 g/mol. The highest BCUT2D eigenvalue weighted by Gasteiger charge is 2.27. The van der Waals surface area contributed by atoms with Gasteiger partial charge in [-0.3, -0.25) is 0 Å². The van der Waals surface area contributed by atoms with Crippen molar-refractivity contribution in [1.29, 1.82) is 0 Å². The van der Waals surface area contributed by atoms with E-state index in [2.05, 4.69) is 10.1 Å². The summed E-state index contributed by atoms with van der Waals surface area (Å²) in [5.74, 6) is 0.451. The minimum atomic E-state index is -3.99. The molecule has 2 aromatic rings. The third-order valence-electron chi connectivity index (χ3n) is 2.75. The third kappa shape index (κ3) is 2.99. The molecule has 1 aromatic heterocycles. The fourth-order valence-corrected chi connectivity index (χ4v) is 3.71. The largest absolute Gasteiger partial charge is 0.346 e. The van der Waals surface area contributed by atoms with E-state index in [0.29, 0.717) is 5.02 Å². The Morgan fingerprint density at radius 2 is 1.73 bits per heavy atom. The average molecular weight is 364 g/mol. The van der Waals surface area contributed by atoms with Crippen LogP contribution in [0.5, 0.6) is 0 Å². The SMILES string of the molecule is CN(C)c1nc(N(C)C)n(S(=O)(=O)c2ccc(Cl)cc2Cl)n1. The minimum Gasteiger partial charge on any atom is -0.346 e. The van der Waals surface area contributed by atoms with E-state index in [1.54, 1.807) is 38.0 Å². The van der Waals surface area contributed by atoms with Gasteiger partial charge in [0.25, 0.3) is 10.0 Å². The molecule has 0 spiro atoms. The molecule has 120 valence electrons. The molecule has 0 N–H and O–H groups in total. The van der Waals surface area contributed by atoms with E-state index in [-0.39, 0.29) is 21.8 Å². The number of aromatic nitrogens is 3. The summed E-state index contributed by atoms with van der Waals surface area (Å²) in [5.41, 5.74) is 0. The molecule has 0 aliphatic heterocycles. The molecule has 0 amide bonds. The van der Waals surface area contributed by atoms with Crippen LogP contribution in [-0.4, -0.2) is 50.8 Å². The van der Waals surface area contributed by atoms with Gasteiger partial charge < -0.3 is 9.80 Å². The van der Waals surface area contributed by atoms with Gasteiger partial charge in [-0.15, -0.1) is 9.19 Å². The van der Waals surface area contributed by atoms with Gasteiger partial charge >= 0.3 is 0 Å². The van der Waals surface area contributed by atoms with Gasteiger partial charge in [-0.2, -0.15) is 13.4 Å². The summed E-state index contributed by atoms with van der Waals surface area (Å²) in [7, 11) is 2.81. The Bertz CT molecular complexity index is 802. The molecule has 0 unspecified atom stereocenters. The lowest BCUT2D eigenvalue weighted by atomic mass is 10.4. The molecule has 0 aliphatic carbocycles. The number of benzene rings is 1. The molecule has 10 heteroatoms. The highest BCUT2D eigenvalue weighted by atomic mass is 35.5. The molecule has 0 radical (unpaired) electrons. The number of halogens is 2. The zero-order valence-electron chi connectivity index (χ0n) is 12.4. The van der Waals surface area contributed by atoms with E-state index in [9.17, 15) is 8.42 Å². The summed E-state index contributed by atoms with van der Waals surface area (Å²) in [5, 5.41) is 4.43. The monoisotopic (exact) mass is 363 g/mol. The highest BCUT2D eigenvalue weighted by molar-refractivity contribution is 7.90. The molecule has 22 heavy (non-hydrogen) atoms. The Morgan fingerprint density at radius 1 is 1.09 bits per heavy atom. The van der Waals surface area contributed by atoms with Crippen molar-refractivity contribution in [2.45, 2.75) is 4.90 Å². The van der Waals surface area contributed by atoms with E-state index >= 15 is 0 Å². The van der Waals surface area contributed by atoms with Crippen molar-refractivity contribution in [2.24, 2.45) is 0 Å². The van der Waals surface area contributed by atoms with E-state index in [1.807, 2.05) is 0 Å². The van der Waals surface area contributed by atoms with Gasteiger partial charge in [0.1, 0.15) is 4.90 Å². The van der Waals surface area contributed by atoms with Gasteiger partial charge in [-0.25, -0.2) is 0 Å². The van der Waals surface area contributed by atoms with Crippen molar-refractivity contribution in [3.8, 4) is 0 Å². The second-order valence-corrected chi connectivity index (χ2v) is 7.50. The molecule has 0 atom stereocenters. The van der Waals surface area contributed by atoms with Gasteiger partial charge in [0.15, 0.2) is 0 Å². The summed E-state index contributed by atoms with van der Waals surface area (Å²) < 4.78 is 26.5. The maximum absolute atomic E-state index is 12.8. The number of hydrogen-bond acceptors (Lipinski definition) is 6. The molecule has 1 heterocycles. The first kappa shape index (κ1) is 16.9. The van der Waals surface area contributed by atoms with E-state index in [4.69, 9.17) is 23.2 Å². The molecule has 0 saturated heterocycles. The molecule has 2 rings (SSSR count). The quantitative estimate of drug-likeness (QED) is 0.826. The van der Waals surface area contributed by atoms with Gasteiger partial charge in [0.2, 0.25) is 11.9 Å². The maximum Gasteiger partial charge on any atom is 0.287 e. The molecular formula is C12H15Cl2N5O2S. The normalized spacial score (nSPS) is 11.5. The lowest BCUT2D eigenvalue weighted by Gasteiger charge is -2.13. The number of rotatable bonds is 4. The smallest absolute Gasteiger partial charge is 0.287 e. The van der Waals surface area contributed by atoms with Crippen LogP contribution in [0.4, 0.5) is 11.9 Å². The summed E-state index contributed by atoms with van der Waals surface area (Å²) in [6, 6.07) is 4.17. The van der Waals surface area contributed by atoms with Crippen molar-refractivity contribution in [3.05, 3.63) is 28.2 Å². The predicted octanol–water partition coefficient (Wildman–Crippen LogP) is 1.95. The van der Waals surface area contributed by atoms with Crippen LogP contribution in [0.15, 0.2) is 23.1 Å². The Labute approximate surface area is 139 Å². The Hall–Kier alpha value is -1.51. The summed E-state index contributed by atoms with van der Waals surface area (Å²) >= 11 is 11.8. The number of nitrogens with zero attached hydrogens (tertiary/aromatic N) is 5. The first-order chi connectivity index (χ1) is 10.1. The second-order valence-electron chi connectivity index (χ2n) is 4.92. The van der Waals surface area contributed by atoms with Gasteiger partial charge in [0, 0.05) is 33.2 Å². The van der Waals surface area contributed by atoms with Crippen LogP contribution in [0, 0.1) is 0 Å². The Kier molecular flexibility index (Phi) is 4.55. The maximum atomic E-state index is 12.8. The van der Waals surface area contributed by atoms with Crippen molar-refractivity contribution in [1.82, 2.24) is 14.2 Å². The minimum absolute atomic E-state index is 0.0270. The highest BCUT2D eigenvalue weighted by Crippen LogP contribution is 2.28. The zero-order chi connectivity index (χ0) is 16.7. The van der Waals surface area contributed by atoms with Crippen LogP contribution in [0.2, 0.25) is 10.0 Å². The fraction of sp³-hybridized carbons (Fsp3) is 0.333. The van der Waals surface area contributed by atoms with Gasteiger partial charge in [-0.1, -0.05) is 23.2 Å². The summed E-state index contributed by atoms with van der Waals surface area (Å²) in [6.45, 7) is 0. The zero-order valence-corrected chi connectivity index (χ0v) is 14.8. The van der Waals surface area contributed by atoms with Crippen molar-refractivity contribution in [2.75, 3.05) is 38.0 Å². The molecule has 0 saturated carbocycles. The molecule has 0 bridgehead atoms. The first-order valence-corrected chi connectivity index (χ1v) is 8.36. The van der Waals surface area contributed by atoms with Crippen LogP contribution >= 0.6 is 23.2 Å². The van der Waals surface area contributed by atoms with Gasteiger partial charge in [0.05, 0.1) is 5.02 Å². The lowest BCUT2D eigenvalue weighted by molar-refractivity contribution is 0.580. The summed E-state index contributed by atoms with van der Waals surface area (Å²) in [4.78, 5) is 7.29. The molecule has 1 aromatic carbocycles. The standard InChI is InChI=1S/C12H15Cl2N5O2S/c1-17(2)11-15-12(18(3)4)19(16-11)22(20,21)10-6-5-8(13)7-9(10)14/h5-7H,1-4H3.